The SMILES string of the molecule is CC(Sc1cc(Cl)ccc1Cl)C(=O)NC1CCC(O)CC1. The summed E-state index contributed by atoms with van der Waals surface area (Å²) in [5.41, 5.74) is 0. The maximum Gasteiger partial charge on any atom is 0.233 e. The van der Waals surface area contributed by atoms with Crippen LogP contribution in [0.5, 0.6) is 0 Å². The molecular formula is C15H19Cl2NO2S. The zero-order valence-electron chi connectivity index (χ0n) is 11.8. The van der Waals surface area contributed by atoms with Crippen molar-refractivity contribution in [3.8, 4) is 0 Å². The number of rotatable bonds is 4. The van der Waals surface area contributed by atoms with E-state index in [4.69, 9.17) is 23.2 Å². The van der Waals surface area contributed by atoms with Crippen LogP contribution in [0.15, 0.2) is 23.1 Å². The summed E-state index contributed by atoms with van der Waals surface area (Å²) in [4.78, 5) is 13.0. The van der Waals surface area contributed by atoms with E-state index in [-0.39, 0.29) is 23.3 Å². The van der Waals surface area contributed by atoms with E-state index in [0.717, 1.165) is 30.6 Å². The fourth-order valence-electron chi connectivity index (χ4n) is 2.35. The third-order valence-electron chi connectivity index (χ3n) is 3.61. The van der Waals surface area contributed by atoms with Gasteiger partial charge in [0.15, 0.2) is 0 Å². The highest BCUT2D eigenvalue weighted by molar-refractivity contribution is 8.00. The summed E-state index contributed by atoms with van der Waals surface area (Å²) in [6.07, 6.45) is 2.97. The third kappa shape index (κ3) is 5.06. The van der Waals surface area contributed by atoms with Crippen molar-refractivity contribution < 1.29 is 9.90 Å². The lowest BCUT2D eigenvalue weighted by Gasteiger charge is -2.27. The molecular weight excluding hydrogens is 329 g/mol. The van der Waals surface area contributed by atoms with Gasteiger partial charge in [-0.2, -0.15) is 0 Å². The molecule has 21 heavy (non-hydrogen) atoms. The molecule has 116 valence electrons. The fourth-order valence-corrected chi connectivity index (χ4v) is 3.77. The van der Waals surface area contributed by atoms with E-state index in [2.05, 4.69) is 5.32 Å². The van der Waals surface area contributed by atoms with E-state index in [1.165, 1.54) is 11.8 Å². The van der Waals surface area contributed by atoms with Crippen LogP contribution >= 0.6 is 35.0 Å². The molecule has 0 aromatic heterocycles. The van der Waals surface area contributed by atoms with Crippen molar-refractivity contribution in [1.29, 1.82) is 0 Å². The summed E-state index contributed by atoms with van der Waals surface area (Å²) in [7, 11) is 0. The molecule has 0 aliphatic heterocycles. The van der Waals surface area contributed by atoms with Crippen LogP contribution in [0.4, 0.5) is 0 Å². The first-order valence-corrected chi connectivity index (χ1v) is 8.69. The molecule has 1 unspecified atom stereocenters. The van der Waals surface area contributed by atoms with Crippen molar-refractivity contribution in [1.82, 2.24) is 5.32 Å². The van der Waals surface area contributed by atoms with Gasteiger partial charge in [0, 0.05) is 16.0 Å². The minimum atomic E-state index is -0.243. The Labute approximate surface area is 139 Å². The van der Waals surface area contributed by atoms with Gasteiger partial charge in [-0.25, -0.2) is 0 Å². The molecule has 1 aromatic carbocycles. The number of halogens is 2. The highest BCUT2D eigenvalue weighted by Crippen LogP contribution is 2.32. The number of aliphatic hydroxyl groups excluding tert-OH is 1. The van der Waals surface area contributed by atoms with Crippen molar-refractivity contribution in [2.75, 3.05) is 0 Å². The van der Waals surface area contributed by atoms with Crippen LogP contribution < -0.4 is 5.32 Å². The van der Waals surface area contributed by atoms with Gasteiger partial charge in [0.05, 0.1) is 16.4 Å². The summed E-state index contributed by atoms with van der Waals surface area (Å²) in [5.74, 6) is -0.00238. The highest BCUT2D eigenvalue weighted by Gasteiger charge is 2.23. The zero-order valence-corrected chi connectivity index (χ0v) is 14.1. The van der Waals surface area contributed by atoms with Crippen LogP contribution in [0.3, 0.4) is 0 Å². The number of hydrogen-bond donors (Lipinski definition) is 2. The second-order valence-corrected chi connectivity index (χ2v) is 7.58. The molecule has 3 nitrogen and oxygen atoms in total. The molecule has 1 amide bonds. The maximum absolute atomic E-state index is 12.2. The molecule has 0 spiro atoms. The minimum Gasteiger partial charge on any atom is -0.393 e. The first-order valence-electron chi connectivity index (χ1n) is 7.06. The molecule has 1 aliphatic rings. The number of benzene rings is 1. The monoisotopic (exact) mass is 347 g/mol. The average molecular weight is 348 g/mol. The fraction of sp³-hybridized carbons (Fsp3) is 0.533. The Morgan fingerprint density at radius 1 is 1.33 bits per heavy atom. The first-order chi connectivity index (χ1) is 9.95. The molecule has 0 radical (unpaired) electrons. The topological polar surface area (TPSA) is 49.3 Å². The molecule has 1 atom stereocenters. The standard InChI is InChI=1S/C15H19Cl2NO2S/c1-9(21-14-8-10(16)2-7-13(14)17)15(20)18-11-3-5-12(19)6-4-11/h2,7-9,11-12,19H,3-6H2,1H3,(H,18,20). The number of amides is 1. The number of carbonyl (C=O) groups excluding carboxylic acids is 1. The summed E-state index contributed by atoms with van der Waals surface area (Å²) in [6, 6.07) is 5.40. The summed E-state index contributed by atoms with van der Waals surface area (Å²) < 4.78 is 0. The largest absolute Gasteiger partial charge is 0.393 e. The van der Waals surface area contributed by atoms with Crippen molar-refractivity contribution in [3.05, 3.63) is 28.2 Å². The van der Waals surface area contributed by atoms with E-state index in [1.807, 2.05) is 6.92 Å². The molecule has 1 fully saturated rings. The lowest BCUT2D eigenvalue weighted by molar-refractivity contribution is -0.121. The summed E-state index contributed by atoms with van der Waals surface area (Å²) in [5, 5.41) is 13.5. The first kappa shape index (κ1) is 16.9. The molecule has 1 saturated carbocycles. The van der Waals surface area contributed by atoms with E-state index in [1.54, 1.807) is 18.2 Å². The van der Waals surface area contributed by atoms with Gasteiger partial charge in [-0.15, -0.1) is 11.8 Å². The van der Waals surface area contributed by atoms with Crippen LogP contribution in [-0.4, -0.2) is 28.4 Å². The Kier molecular flexibility index (Phi) is 6.23. The van der Waals surface area contributed by atoms with E-state index < -0.39 is 0 Å². The zero-order chi connectivity index (χ0) is 15.4. The number of hydrogen-bond acceptors (Lipinski definition) is 3. The van der Waals surface area contributed by atoms with Crippen molar-refractivity contribution in [2.45, 2.75) is 54.9 Å². The second kappa shape index (κ2) is 7.73. The minimum absolute atomic E-state index is 0.00238. The van der Waals surface area contributed by atoms with Gasteiger partial charge in [-0.1, -0.05) is 23.2 Å². The Hall–Kier alpha value is -0.420. The molecule has 1 aliphatic carbocycles. The average Bonchev–Trinajstić information content (AvgIpc) is 2.45. The lowest BCUT2D eigenvalue weighted by Crippen LogP contribution is -2.41. The van der Waals surface area contributed by atoms with Gasteiger partial charge < -0.3 is 10.4 Å². The Balaban J connectivity index is 1.89. The highest BCUT2D eigenvalue weighted by atomic mass is 35.5. The van der Waals surface area contributed by atoms with Gasteiger partial charge >= 0.3 is 0 Å². The molecule has 0 heterocycles. The molecule has 2 N–H and O–H groups in total. The number of nitrogens with one attached hydrogen (secondary N) is 1. The van der Waals surface area contributed by atoms with Gasteiger partial charge in [-0.3, -0.25) is 4.79 Å². The van der Waals surface area contributed by atoms with Crippen LogP contribution in [0.1, 0.15) is 32.6 Å². The van der Waals surface area contributed by atoms with Crippen molar-refractivity contribution in [2.24, 2.45) is 0 Å². The van der Waals surface area contributed by atoms with Crippen LogP contribution in [0.2, 0.25) is 10.0 Å². The van der Waals surface area contributed by atoms with Crippen LogP contribution in [0, 0.1) is 0 Å². The Bertz CT molecular complexity index is 504. The number of thioether (sulfide) groups is 1. The Morgan fingerprint density at radius 3 is 2.67 bits per heavy atom. The number of carbonyl (C=O) groups is 1. The number of aliphatic hydroxyl groups is 1. The molecule has 6 heteroatoms. The van der Waals surface area contributed by atoms with Gasteiger partial charge in [0.2, 0.25) is 5.91 Å². The molecule has 1 aromatic rings. The lowest BCUT2D eigenvalue weighted by atomic mass is 9.93. The normalized spacial score (nSPS) is 23.6. The van der Waals surface area contributed by atoms with Gasteiger partial charge in [0.25, 0.3) is 0 Å². The smallest absolute Gasteiger partial charge is 0.233 e. The van der Waals surface area contributed by atoms with Gasteiger partial charge in [-0.05, 0) is 50.8 Å². The van der Waals surface area contributed by atoms with Crippen LogP contribution in [-0.2, 0) is 4.79 Å². The molecule has 0 bridgehead atoms. The van der Waals surface area contributed by atoms with E-state index >= 15 is 0 Å². The maximum atomic E-state index is 12.2. The Morgan fingerprint density at radius 2 is 2.00 bits per heavy atom. The van der Waals surface area contributed by atoms with Crippen molar-refractivity contribution in [3.63, 3.8) is 0 Å². The van der Waals surface area contributed by atoms with Crippen molar-refractivity contribution >= 4 is 40.9 Å². The predicted octanol–water partition coefficient (Wildman–Crippen LogP) is 3.89. The van der Waals surface area contributed by atoms with E-state index in [0.29, 0.717) is 10.0 Å². The van der Waals surface area contributed by atoms with Gasteiger partial charge in [0.1, 0.15) is 0 Å². The second-order valence-electron chi connectivity index (χ2n) is 5.35. The predicted molar refractivity (Wildman–Crippen MR) is 88.2 cm³/mol. The van der Waals surface area contributed by atoms with Crippen LogP contribution in [0.25, 0.3) is 0 Å². The summed E-state index contributed by atoms with van der Waals surface area (Å²) >= 11 is 13.5. The third-order valence-corrected chi connectivity index (χ3v) is 5.45. The summed E-state index contributed by atoms with van der Waals surface area (Å²) in [6.45, 7) is 1.86. The molecule has 2 rings (SSSR count). The van der Waals surface area contributed by atoms with E-state index in [9.17, 15) is 9.90 Å². The molecule has 0 saturated heterocycles. The quantitative estimate of drug-likeness (QED) is 0.812.